The molecule has 0 aliphatic heterocycles. The number of nitrogens with one attached hydrogen (secondary N) is 1. The van der Waals surface area contributed by atoms with Crippen LogP contribution < -0.4 is 10.1 Å². The van der Waals surface area contributed by atoms with Gasteiger partial charge in [0.25, 0.3) is 5.91 Å². The number of amides is 1. The molecule has 0 heterocycles. The van der Waals surface area contributed by atoms with Crippen molar-refractivity contribution >= 4 is 11.6 Å². The van der Waals surface area contributed by atoms with E-state index >= 15 is 0 Å². The third-order valence-corrected chi connectivity index (χ3v) is 4.05. The number of carbonyl (C=O) groups excluding carboxylic acids is 1. The Morgan fingerprint density at radius 3 is 2.33 bits per heavy atom. The number of carbonyl (C=O) groups is 1. The summed E-state index contributed by atoms with van der Waals surface area (Å²) in [5.74, 6) is 0.711. The molecule has 0 radical (unpaired) electrons. The van der Waals surface area contributed by atoms with E-state index in [4.69, 9.17) is 4.74 Å². The van der Waals surface area contributed by atoms with Crippen LogP contribution in [0.4, 0.5) is 5.69 Å². The lowest BCUT2D eigenvalue weighted by Crippen LogP contribution is -2.15. The highest BCUT2D eigenvalue weighted by Crippen LogP contribution is 2.25. The molecule has 0 saturated heterocycles. The molecule has 0 atom stereocenters. The minimum Gasteiger partial charge on any atom is -0.496 e. The molecule has 0 aliphatic carbocycles. The summed E-state index contributed by atoms with van der Waals surface area (Å²) in [5.41, 5.74) is 5.72. The van der Waals surface area contributed by atoms with E-state index in [1.807, 2.05) is 58.0 Å². The van der Waals surface area contributed by atoms with E-state index in [9.17, 15) is 4.79 Å². The van der Waals surface area contributed by atoms with E-state index in [1.165, 1.54) is 0 Å². The Labute approximate surface area is 126 Å². The first-order chi connectivity index (χ1) is 9.95. The van der Waals surface area contributed by atoms with Gasteiger partial charge in [0.2, 0.25) is 0 Å². The molecule has 1 N–H and O–H groups in total. The van der Waals surface area contributed by atoms with Crippen molar-refractivity contribution in [3.05, 3.63) is 58.1 Å². The molecule has 0 spiro atoms. The molecule has 0 aromatic heterocycles. The number of anilines is 1. The normalized spacial score (nSPS) is 10.3. The first-order valence-corrected chi connectivity index (χ1v) is 6.97. The minimum atomic E-state index is -0.0908. The fourth-order valence-corrected chi connectivity index (χ4v) is 2.34. The summed E-state index contributed by atoms with van der Waals surface area (Å²) in [6.45, 7) is 7.95. The molecule has 1 amide bonds. The Morgan fingerprint density at radius 2 is 1.67 bits per heavy atom. The third kappa shape index (κ3) is 2.92. The molecule has 3 nitrogen and oxygen atoms in total. The molecule has 2 aromatic carbocycles. The molecule has 21 heavy (non-hydrogen) atoms. The van der Waals surface area contributed by atoms with Crippen LogP contribution in [-0.2, 0) is 0 Å². The molecule has 0 unspecified atom stereocenters. The Bertz CT molecular complexity index is 690. The summed E-state index contributed by atoms with van der Waals surface area (Å²) >= 11 is 0. The number of benzene rings is 2. The van der Waals surface area contributed by atoms with Gasteiger partial charge in [-0.25, -0.2) is 0 Å². The molecule has 110 valence electrons. The molecule has 3 heteroatoms. The molecule has 0 fully saturated rings. The highest BCUT2D eigenvalue weighted by atomic mass is 16.5. The third-order valence-electron chi connectivity index (χ3n) is 4.05. The van der Waals surface area contributed by atoms with Gasteiger partial charge in [0.05, 0.1) is 7.11 Å². The maximum atomic E-state index is 12.5. The van der Waals surface area contributed by atoms with Crippen molar-refractivity contribution in [2.45, 2.75) is 27.7 Å². The van der Waals surface area contributed by atoms with Crippen LogP contribution in [0.25, 0.3) is 0 Å². The van der Waals surface area contributed by atoms with Gasteiger partial charge in [-0.3, -0.25) is 4.79 Å². The van der Waals surface area contributed by atoms with Crippen molar-refractivity contribution in [2.75, 3.05) is 12.4 Å². The zero-order valence-corrected chi connectivity index (χ0v) is 13.2. The number of methoxy groups -OCH3 is 1. The Hall–Kier alpha value is -2.29. The van der Waals surface area contributed by atoms with Gasteiger partial charge in [-0.2, -0.15) is 0 Å². The van der Waals surface area contributed by atoms with E-state index in [1.54, 1.807) is 7.11 Å². The lowest BCUT2D eigenvalue weighted by molar-refractivity contribution is 0.102. The lowest BCUT2D eigenvalue weighted by Gasteiger charge is -2.14. The predicted molar refractivity (Wildman–Crippen MR) is 86.3 cm³/mol. The quantitative estimate of drug-likeness (QED) is 0.917. The average Bonchev–Trinajstić information content (AvgIpc) is 2.46. The van der Waals surface area contributed by atoms with Crippen LogP contribution in [0.3, 0.4) is 0 Å². The topological polar surface area (TPSA) is 38.3 Å². The summed E-state index contributed by atoms with van der Waals surface area (Å²) < 4.78 is 5.28. The highest BCUT2D eigenvalue weighted by Gasteiger charge is 2.14. The molecular weight excluding hydrogens is 262 g/mol. The summed E-state index contributed by atoms with van der Waals surface area (Å²) in [7, 11) is 1.64. The largest absolute Gasteiger partial charge is 0.496 e. The molecule has 0 aliphatic rings. The van der Waals surface area contributed by atoms with Crippen molar-refractivity contribution < 1.29 is 9.53 Å². The highest BCUT2D eigenvalue weighted by molar-refractivity contribution is 6.06. The summed E-state index contributed by atoms with van der Waals surface area (Å²) in [6, 6.07) is 9.55. The van der Waals surface area contributed by atoms with Gasteiger partial charge in [-0.05, 0) is 68.1 Å². The molecule has 2 rings (SSSR count). The fourth-order valence-electron chi connectivity index (χ4n) is 2.34. The second-order valence-electron chi connectivity index (χ2n) is 5.27. The number of hydrogen-bond acceptors (Lipinski definition) is 2. The zero-order valence-electron chi connectivity index (χ0n) is 13.2. The number of hydrogen-bond donors (Lipinski definition) is 1. The summed E-state index contributed by atoms with van der Waals surface area (Å²) in [6.07, 6.45) is 0. The fraction of sp³-hybridized carbons (Fsp3) is 0.278. The van der Waals surface area contributed by atoms with Crippen molar-refractivity contribution in [1.29, 1.82) is 0 Å². The van der Waals surface area contributed by atoms with Crippen molar-refractivity contribution in [1.82, 2.24) is 0 Å². The van der Waals surface area contributed by atoms with Crippen LogP contribution >= 0.6 is 0 Å². The minimum absolute atomic E-state index is 0.0908. The van der Waals surface area contributed by atoms with E-state index in [0.29, 0.717) is 5.56 Å². The van der Waals surface area contributed by atoms with Crippen molar-refractivity contribution in [2.24, 2.45) is 0 Å². The zero-order chi connectivity index (χ0) is 15.6. The Morgan fingerprint density at radius 1 is 0.952 bits per heavy atom. The van der Waals surface area contributed by atoms with Gasteiger partial charge in [0.1, 0.15) is 5.75 Å². The molecule has 0 bridgehead atoms. The van der Waals surface area contributed by atoms with Gasteiger partial charge < -0.3 is 10.1 Å². The van der Waals surface area contributed by atoms with Crippen LogP contribution in [0.5, 0.6) is 5.75 Å². The second kappa shape index (κ2) is 6.00. The smallest absolute Gasteiger partial charge is 0.255 e. The van der Waals surface area contributed by atoms with Crippen LogP contribution in [0, 0.1) is 27.7 Å². The van der Waals surface area contributed by atoms with Crippen LogP contribution in [-0.4, -0.2) is 13.0 Å². The van der Waals surface area contributed by atoms with Gasteiger partial charge in [-0.1, -0.05) is 12.1 Å². The SMILES string of the molecule is COc1ccc(C(=O)Nc2cccc(C)c2C)c(C)c1C. The van der Waals surface area contributed by atoms with Gasteiger partial charge in [0, 0.05) is 11.3 Å². The maximum absolute atomic E-state index is 12.5. The monoisotopic (exact) mass is 283 g/mol. The Balaban J connectivity index is 2.33. The first-order valence-electron chi connectivity index (χ1n) is 6.97. The van der Waals surface area contributed by atoms with E-state index < -0.39 is 0 Å². The number of rotatable bonds is 3. The number of ether oxygens (including phenoxy) is 1. The van der Waals surface area contributed by atoms with Crippen molar-refractivity contribution in [3.63, 3.8) is 0 Å². The van der Waals surface area contributed by atoms with Gasteiger partial charge in [0.15, 0.2) is 0 Å². The average molecular weight is 283 g/mol. The molecular formula is C18H21NO2. The van der Waals surface area contributed by atoms with E-state index in [-0.39, 0.29) is 5.91 Å². The van der Waals surface area contributed by atoms with Gasteiger partial charge >= 0.3 is 0 Å². The van der Waals surface area contributed by atoms with Crippen LogP contribution in [0.1, 0.15) is 32.6 Å². The summed E-state index contributed by atoms with van der Waals surface area (Å²) in [4.78, 5) is 12.5. The van der Waals surface area contributed by atoms with Crippen molar-refractivity contribution in [3.8, 4) is 5.75 Å². The maximum Gasteiger partial charge on any atom is 0.255 e. The lowest BCUT2D eigenvalue weighted by atomic mass is 10.0. The van der Waals surface area contributed by atoms with E-state index in [2.05, 4.69) is 5.32 Å². The van der Waals surface area contributed by atoms with Crippen LogP contribution in [0.15, 0.2) is 30.3 Å². The van der Waals surface area contributed by atoms with E-state index in [0.717, 1.165) is 33.7 Å². The standard InChI is InChI=1S/C18H21NO2/c1-11-7-6-8-16(12(11)2)19-18(20)15-9-10-17(21-5)14(4)13(15)3/h6-10H,1-5H3,(H,19,20). The summed E-state index contributed by atoms with van der Waals surface area (Å²) in [5, 5.41) is 2.99. The molecule has 0 saturated carbocycles. The predicted octanol–water partition coefficient (Wildman–Crippen LogP) is 4.18. The second-order valence-corrected chi connectivity index (χ2v) is 5.27. The molecule has 2 aromatic rings. The first kappa shape index (κ1) is 15.1. The van der Waals surface area contributed by atoms with Gasteiger partial charge in [-0.15, -0.1) is 0 Å². The Kier molecular flexibility index (Phi) is 4.32. The number of aryl methyl sites for hydroxylation is 1. The van der Waals surface area contributed by atoms with Crippen LogP contribution in [0.2, 0.25) is 0 Å².